The van der Waals surface area contributed by atoms with Crippen molar-refractivity contribution in [3.8, 4) is 5.69 Å². The highest BCUT2D eigenvalue weighted by molar-refractivity contribution is 5.44. The molecule has 108 valence electrons. The van der Waals surface area contributed by atoms with Crippen molar-refractivity contribution in [2.75, 3.05) is 6.61 Å². The Morgan fingerprint density at radius 2 is 1.75 bits per heavy atom. The van der Waals surface area contributed by atoms with Gasteiger partial charge < -0.3 is 9.30 Å². The second-order valence-corrected chi connectivity index (χ2v) is 4.92. The van der Waals surface area contributed by atoms with Gasteiger partial charge in [0.05, 0.1) is 12.3 Å². The van der Waals surface area contributed by atoms with E-state index in [4.69, 9.17) is 4.74 Å². The smallest absolute Gasteiger partial charge is 0.150 e. The number of rotatable bonds is 4. The van der Waals surface area contributed by atoms with E-state index in [1.165, 1.54) is 6.07 Å². The van der Waals surface area contributed by atoms with E-state index in [0.717, 1.165) is 23.0 Å². The molecule has 2 nitrogen and oxygen atoms in total. The number of hydrogen-bond donors (Lipinski definition) is 0. The summed E-state index contributed by atoms with van der Waals surface area (Å²) in [6, 6.07) is 4.45. The molecule has 0 aliphatic rings. The SMILES string of the molecule is CCOCc1cc(C)n(-c2cc(C)c(F)cc2F)c1C. The van der Waals surface area contributed by atoms with Crippen LogP contribution in [0.5, 0.6) is 0 Å². The van der Waals surface area contributed by atoms with Crippen molar-refractivity contribution in [2.24, 2.45) is 0 Å². The third-order valence-corrected chi connectivity index (χ3v) is 3.47. The summed E-state index contributed by atoms with van der Waals surface area (Å²) in [5.41, 5.74) is 3.65. The van der Waals surface area contributed by atoms with Gasteiger partial charge in [0.1, 0.15) is 11.6 Å². The zero-order valence-corrected chi connectivity index (χ0v) is 12.3. The molecule has 0 amide bonds. The van der Waals surface area contributed by atoms with E-state index in [0.29, 0.717) is 24.5 Å². The molecule has 2 aromatic rings. The van der Waals surface area contributed by atoms with Crippen molar-refractivity contribution in [2.45, 2.75) is 34.3 Å². The van der Waals surface area contributed by atoms with Crippen LogP contribution in [0.2, 0.25) is 0 Å². The fourth-order valence-electron chi connectivity index (χ4n) is 2.37. The van der Waals surface area contributed by atoms with Gasteiger partial charge in [0.25, 0.3) is 0 Å². The number of nitrogens with zero attached hydrogens (tertiary/aromatic N) is 1. The Morgan fingerprint density at radius 3 is 2.40 bits per heavy atom. The maximum absolute atomic E-state index is 14.0. The van der Waals surface area contributed by atoms with Crippen LogP contribution in [0, 0.1) is 32.4 Å². The highest BCUT2D eigenvalue weighted by atomic mass is 19.1. The zero-order valence-electron chi connectivity index (χ0n) is 12.3. The summed E-state index contributed by atoms with van der Waals surface area (Å²) in [6.07, 6.45) is 0. The molecule has 1 heterocycles. The minimum absolute atomic E-state index is 0.377. The lowest BCUT2D eigenvalue weighted by molar-refractivity contribution is 0.133. The normalized spacial score (nSPS) is 11.1. The van der Waals surface area contributed by atoms with Crippen molar-refractivity contribution in [1.29, 1.82) is 0 Å². The van der Waals surface area contributed by atoms with E-state index in [1.807, 2.05) is 26.8 Å². The van der Waals surface area contributed by atoms with Crippen molar-refractivity contribution < 1.29 is 13.5 Å². The molecule has 0 unspecified atom stereocenters. The lowest BCUT2D eigenvalue weighted by Crippen LogP contribution is -2.04. The van der Waals surface area contributed by atoms with Gasteiger partial charge in [-0.3, -0.25) is 0 Å². The molecule has 1 aromatic heterocycles. The lowest BCUT2D eigenvalue weighted by Gasteiger charge is -2.12. The molecule has 0 saturated heterocycles. The summed E-state index contributed by atoms with van der Waals surface area (Å²) in [4.78, 5) is 0. The Kier molecular flexibility index (Phi) is 4.23. The molecule has 20 heavy (non-hydrogen) atoms. The first-order chi connectivity index (χ1) is 9.45. The summed E-state index contributed by atoms with van der Waals surface area (Å²) in [5.74, 6) is -1.08. The van der Waals surface area contributed by atoms with Crippen LogP contribution in [0.4, 0.5) is 8.78 Å². The fraction of sp³-hybridized carbons (Fsp3) is 0.375. The molecule has 0 atom stereocenters. The van der Waals surface area contributed by atoms with Gasteiger partial charge in [0.15, 0.2) is 0 Å². The van der Waals surface area contributed by atoms with Gasteiger partial charge in [-0.15, -0.1) is 0 Å². The Bertz CT molecular complexity index is 632. The molecule has 0 fully saturated rings. The number of aryl methyl sites for hydroxylation is 2. The maximum Gasteiger partial charge on any atom is 0.150 e. The fourth-order valence-corrected chi connectivity index (χ4v) is 2.37. The molecule has 0 bridgehead atoms. The van der Waals surface area contributed by atoms with Gasteiger partial charge >= 0.3 is 0 Å². The third kappa shape index (κ3) is 2.61. The van der Waals surface area contributed by atoms with E-state index in [9.17, 15) is 8.78 Å². The summed E-state index contributed by atoms with van der Waals surface area (Å²) in [5, 5.41) is 0. The topological polar surface area (TPSA) is 14.2 Å². The van der Waals surface area contributed by atoms with E-state index in [-0.39, 0.29) is 0 Å². The van der Waals surface area contributed by atoms with Crippen LogP contribution in [0.15, 0.2) is 18.2 Å². The first-order valence-electron chi connectivity index (χ1n) is 6.67. The first-order valence-corrected chi connectivity index (χ1v) is 6.67. The van der Waals surface area contributed by atoms with Crippen LogP contribution in [-0.4, -0.2) is 11.2 Å². The molecule has 0 spiro atoms. The molecular formula is C16H19F2NO. The summed E-state index contributed by atoms with van der Waals surface area (Å²) in [7, 11) is 0. The molecule has 1 aromatic carbocycles. The Labute approximate surface area is 118 Å². The van der Waals surface area contributed by atoms with Gasteiger partial charge in [-0.05, 0) is 51.0 Å². The number of halogens is 2. The minimum Gasteiger partial charge on any atom is -0.377 e. The Balaban J connectivity index is 2.53. The molecule has 0 saturated carbocycles. The number of aromatic nitrogens is 1. The average molecular weight is 279 g/mol. The largest absolute Gasteiger partial charge is 0.377 e. The predicted molar refractivity (Wildman–Crippen MR) is 75.2 cm³/mol. The van der Waals surface area contributed by atoms with Crippen molar-refractivity contribution in [3.05, 3.63) is 52.3 Å². The molecule has 0 N–H and O–H groups in total. The van der Waals surface area contributed by atoms with Crippen LogP contribution < -0.4 is 0 Å². The molecule has 2 rings (SSSR count). The van der Waals surface area contributed by atoms with E-state index in [2.05, 4.69) is 0 Å². The van der Waals surface area contributed by atoms with Gasteiger partial charge in [0.2, 0.25) is 0 Å². The Hall–Kier alpha value is -1.68. The van der Waals surface area contributed by atoms with E-state index >= 15 is 0 Å². The van der Waals surface area contributed by atoms with Gasteiger partial charge in [-0.2, -0.15) is 0 Å². The van der Waals surface area contributed by atoms with Crippen LogP contribution in [0.3, 0.4) is 0 Å². The molecule has 4 heteroatoms. The van der Waals surface area contributed by atoms with Crippen molar-refractivity contribution >= 4 is 0 Å². The monoisotopic (exact) mass is 279 g/mol. The lowest BCUT2D eigenvalue weighted by atomic mass is 10.2. The van der Waals surface area contributed by atoms with Crippen LogP contribution in [-0.2, 0) is 11.3 Å². The van der Waals surface area contributed by atoms with Crippen LogP contribution in [0.25, 0.3) is 5.69 Å². The second kappa shape index (κ2) is 5.75. The Morgan fingerprint density at radius 1 is 1.05 bits per heavy atom. The molecular weight excluding hydrogens is 260 g/mol. The zero-order chi connectivity index (χ0) is 14.9. The number of benzene rings is 1. The van der Waals surface area contributed by atoms with Gasteiger partial charge in [-0.25, -0.2) is 8.78 Å². The van der Waals surface area contributed by atoms with E-state index in [1.54, 1.807) is 11.5 Å². The highest BCUT2D eigenvalue weighted by Gasteiger charge is 2.15. The molecule has 0 aliphatic carbocycles. The summed E-state index contributed by atoms with van der Waals surface area (Å²) in [6.45, 7) is 8.52. The highest BCUT2D eigenvalue weighted by Crippen LogP contribution is 2.25. The minimum atomic E-state index is -0.558. The van der Waals surface area contributed by atoms with E-state index < -0.39 is 11.6 Å². The summed E-state index contributed by atoms with van der Waals surface area (Å²) < 4.78 is 34.6. The van der Waals surface area contributed by atoms with Gasteiger partial charge in [-0.1, -0.05) is 0 Å². The standard InChI is InChI=1S/C16H19F2NO/c1-5-20-9-13-7-11(3)19(12(13)4)16-6-10(2)14(17)8-15(16)18/h6-8H,5,9H2,1-4H3. The second-order valence-electron chi connectivity index (χ2n) is 4.92. The third-order valence-electron chi connectivity index (χ3n) is 3.47. The first kappa shape index (κ1) is 14.7. The average Bonchev–Trinajstić information content (AvgIpc) is 2.67. The van der Waals surface area contributed by atoms with Crippen LogP contribution >= 0.6 is 0 Å². The van der Waals surface area contributed by atoms with Crippen molar-refractivity contribution in [3.63, 3.8) is 0 Å². The predicted octanol–water partition coefficient (Wildman–Crippen LogP) is 4.22. The molecule has 0 aliphatic heterocycles. The number of hydrogen-bond acceptors (Lipinski definition) is 1. The number of ether oxygens (including phenoxy) is 1. The quantitative estimate of drug-likeness (QED) is 0.817. The van der Waals surface area contributed by atoms with Crippen molar-refractivity contribution in [1.82, 2.24) is 4.57 Å². The maximum atomic E-state index is 14.0. The van der Waals surface area contributed by atoms with Crippen LogP contribution in [0.1, 0.15) is 29.4 Å². The van der Waals surface area contributed by atoms with Gasteiger partial charge in [0, 0.05) is 24.1 Å². The summed E-state index contributed by atoms with van der Waals surface area (Å²) >= 11 is 0. The molecule has 0 radical (unpaired) electrons.